The van der Waals surface area contributed by atoms with Crippen LogP contribution < -0.4 is 15.4 Å². The van der Waals surface area contributed by atoms with Gasteiger partial charge in [0.05, 0.1) is 30.4 Å². The summed E-state index contributed by atoms with van der Waals surface area (Å²) in [4.78, 5) is 34.3. The first kappa shape index (κ1) is 28.3. The van der Waals surface area contributed by atoms with Crippen molar-refractivity contribution < 1.29 is 41.4 Å². The molecule has 1 aliphatic carbocycles. The maximum Gasteiger partial charge on any atom is 0.423 e. The molecule has 14 heteroatoms. The molecule has 0 saturated carbocycles. The van der Waals surface area contributed by atoms with Gasteiger partial charge in [0.1, 0.15) is 22.9 Å². The number of aromatic nitrogens is 2. The predicted molar refractivity (Wildman–Crippen MR) is 136 cm³/mol. The van der Waals surface area contributed by atoms with Crippen LogP contribution in [-0.4, -0.2) is 60.1 Å². The molecule has 1 unspecified atom stereocenters. The van der Waals surface area contributed by atoms with Crippen LogP contribution in [0.3, 0.4) is 0 Å². The van der Waals surface area contributed by atoms with Gasteiger partial charge in [-0.25, -0.2) is 9.37 Å². The van der Waals surface area contributed by atoms with Gasteiger partial charge >= 0.3 is 6.18 Å². The molecule has 2 amide bonds. The van der Waals surface area contributed by atoms with Crippen LogP contribution in [0.25, 0.3) is 0 Å². The summed E-state index contributed by atoms with van der Waals surface area (Å²) >= 11 is 0. The number of amides is 2. The lowest BCUT2D eigenvalue weighted by Crippen LogP contribution is -2.37. The van der Waals surface area contributed by atoms with E-state index in [-0.39, 0.29) is 54.3 Å². The Morgan fingerprint density at radius 2 is 2.10 bits per heavy atom. The highest BCUT2D eigenvalue weighted by atomic mass is 19.4. The minimum Gasteiger partial charge on any atom is -0.499 e. The Balaban J connectivity index is 1.38. The molecular weight excluding hydrogens is 550 g/mol. The first-order valence-corrected chi connectivity index (χ1v) is 12.8. The van der Waals surface area contributed by atoms with Gasteiger partial charge in [-0.1, -0.05) is 12.1 Å². The Kier molecular flexibility index (Phi) is 7.84. The highest BCUT2D eigenvalue weighted by Crippen LogP contribution is 2.40. The van der Waals surface area contributed by atoms with Crippen LogP contribution in [0, 0.1) is 5.92 Å². The Bertz CT molecular complexity index is 1420. The lowest BCUT2D eigenvalue weighted by Gasteiger charge is -2.24. The number of fused-ring (bicyclic) bond motifs is 1. The third-order valence-corrected chi connectivity index (χ3v) is 6.99. The van der Waals surface area contributed by atoms with Crippen molar-refractivity contribution in [3.05, 3.63) is 64.4 Å². The van der Waals surface area contributed by atoms with Crippen molar-refractivity contribution in [3.63, 3.8) is 0 Å². The van der Waals surface area contributed by atoms with E-state index in [1.54, 1.807) is 19.2 Å². The molecule has 3 heterocycles. The molecule has 0 radical (unpaired) electrons. The van der Waals surface area contributed by atoms with Crippen LogP contribution in [0.5, 0.6) is 11.6 Å². The van der Waals surface area contributed by atoms with Crippen molar-refractivity contribution in [1.29, 1.82) is 0 Å². The monoisotopic (exact) mass is 577 g/mol. The number of allylic oxidation sites excluding steroid dienone is 2. The molecule has 2 N–H and O–H groups in total. The summed E-state index contributed by atoms with van der Waals surface area (Å²) in [5.41, 5.74) is -0.505. The molecule has 41 heavy (non-hydrogen) atoms. The minimum absolute atomic E-state index is 0.0243. The molecule has 1 aromatic carbocycles. The number of alkyl halides is 3. The largest absolute Gasteiger partial charge is 0.499 e. The van der Waals surface area contributed by atoms with E-state index < -0.39 is 41.2 Å². The average molecular weight is 578 g/mol. The predicted octanol–water partition coefficient (Wildman–Crippen LogP) is 4.31. The maximum absolute atomic E-state index is 15.0. The van der Waals surface area contributed by atoms with Gasteiger partial charge in [0.2, 0.25) is 17.7 Å². The smallest absolute Gasteiger partial charge is 0.423 e. The summed E-state index contributed by atoms with van der Waals surface area (Å²) in [5.74, 6) is -3.99. The number of hydrogen-bond donors (Lipinski definition) is 2. The average Bonchev–Trinajstić information content (AvgIpc) is 3.55. The number of ether oxygens (including phenoxy) is 3. The van der Waals surface area contributed by atoms with Crippen LogP contribution in [0.4, 0.5) is 23.5 Å². The van der Waals surface area contributed by atoms with Crippen molar-refractivity contribution >= 4 is 17.8 Å². The number of methoxy groups -OCH3 is 1. The van der Waals surface area contributed by atoms with E-state index in [2.05, 4.69) is 20.6 Å². The molecule has 10 nitrogen and oxygen atoms in total. The van der Waals surface area contributed by atoms with Gasteiger partial charge in [-0.15, -0.1) is 0 Å². The first-order valence-electron chi connectivity index (χ1n) is 12.8. The minimum atomic E-state index is -4.87. The van der Waals surface area contributed by atoms with Crippen molar-refractivity contribution in [2.75, 3.05) is 32.6 Å². The molecule has 2 atom stereocenters. The van der Waals surface area contributed by atoms with Crippen molar-refractivity contribution in [3.8, 4) is 11.6 Å². The second kappa shape index (κ2) is 11.4. The molecule has 218 valence electrons. The van der Waals surface area contributed by atoms with E-state index in [4.69, 9.17) is 14.2 Å². The van der Waals surface area contributed by atoms with Crippen LogP contribution in [0.2, 0.25) is 0 Å². The SMILES string of the molecule is COC1=C(Nc2ncc(C(F)(F)F)c(Oc3cccc4c3C(=O)N(C)C4)n2)C=C(F)C(C(=O)NC[C@H]2CCCO2)C1. The fraction of sp³-hybridized carbons (Fsp3) is 0.407. The summed E-state index contributed by atoms with van der Waals surface area (Å²) in [6, 6.07) is 4.62. The van der Waals surface area contributed by atoms with E-state index in [1.807, 2.05) is 0 Å². The van der Waals surface area contributed by atoms with Gasteiger partial charge in [0.15, 0.2) is 0 Å². The number of anilines is 1. The fourth-order valence-corrected chi connectivity index (χ4v) is 4.85. The topological polar surface area (TPSA) is 115 Å². The highest BCUT2D eigenvalue weighted by molar-refractivity contribution is 6.00. The Hall–Kier alpha value is -4.20. The molecule has 1 saturated heterocycles. The van der Waals surface area contributed by atoms with Crippen molar-refractivity contribution in [2.24, 2.45) is 5.92 Å². The maximum atomic E-state index is 15.0. The molecule has 2 aliphatic heterocycles. The lowest BCUT2D eigenvalue weighted by molar-refractivity contribution is -0.139. The summed E-state index contributed by atoms with van der Waals surface area (Å²) in [7, 11) is 2.89. The number of rotatable bonds is 8. The lowest BCUT2D eigenvalue weighted by atomic mass is 9.95. The third-order valence-electron chi connectivity index (χ3n) is 6.99. The van der Waals surface area contributed by atoms with Crippen LogP contribution in [0.1, 0.15) is 40.7 Å². The summed E-state index contributed by atoms with van der Waals surface area (Å²) in [6.07, 6.45) is -1.89. The number of hydrogen-bond acceptors (Lipinski definition) is 8. The van der Waals surface area contributed by atoms with Crippen LogP contribution >= 0.6 is 0 Å². The number of nitrogens with one attached hydrogen (secondary N) is 2. The van der Waals surface area contributed by atoms with E-state index in [1.165, 1.54) is 18.1 Å². The number of carbonyl (C=O) groups is 2. The highest BCUT2D eigenvalue weighted by Gasteiger charge is 2.38. The van der Waals surface area contributed by atoms with E-state index >= 15 is 4.39 Å². The summed E-state index contributed by atoms with van der Waals surface area (Å²) in [6.45, 7) is 1.16. The number of benzene rings is 1. The van der Waals surface area contributed by atoms with Gasteiger partial charge in [-0.3, -0.25) is 9.59 Å². The van der Waals surface area contributed by atoms with Crippen molar-refractivity contribution in [1.82, 2.24) is 20.2 Å². The molecule has 1 aromatic heterocycles. The fourth-order valence-electron chi connectivity index (χ4n) is 4.85. The molecule has 2 aromatic rings. The zero-order chi connectivity index (χ0) is 29.3. The van der Waals surface area contributed by atoms with Gasteiger partial charge in [0, 0.05) is 39.4 Å². The Labute approximate surface area is 232 Å². The van der Waals surface area contributed by atoms with Gasteiger partial charge in [-0.2, -0.15) is 18.2 Å². The summed E-state index contributed by atoms with van der Waals surface area (Å²) in [5, 5.41) is 5.35. The Morgan fingerprint density at radius 1 is 1.29 bits per heavy atom. The van der Waals surface area contributed by atoms with E-state index in [0.29, 0.717) is 18.4 Å². The van der Waals surface area contributed by atoms with Gasteiger partial charge < -0.3 is 29.7 Å². The zero-order valence-electron chi connectivity index (χ0n) is 22.2. The first-order chi connectivity index (χ1) is 19.5. The van der Waals surface area contributed by atoms with Crippen LogP contribution in [-0.2, 0) is 27.0 Å². The quantitative estimate of drug-likeness (QED) is 0.446. The molecule has 1 fully saturated rings. The second-order valence-electron chi connectivity index (χ2n) is 9.80. The van der Waals surface area contributed by atoms with E-state index in [9.17, 15) is 22.8 Å². The normalized spacial score (nSPS) is 20.6. The Morgan fingerprint density at radius 3 is 2.80 bits per heavy atom. The van der Waals surface area contributed by atoms with Gasteiger partial charge in [0.25, 0.3) is 5.91 Å². The molecule has 0 bridgehead atoms. The standard InChI is InChI=1S/C27H27F4N5O5/c1-36-13-14-5-3-7-20(22(14)25(36)38)41-24-17(27(29,30)31)12-33-26(35-24)34-19-10-18(28)16(9-21(19)39-2)23(37)32-11-15-6-4-8-40-15/h3,5,7,10,12,15-16H,4,6,8-9,11,13H2,1-2H3,(H,32,37)(H,33,34,35)/t15-,16?/m1/s1. The van der Waals surface area contributed by atoms with Gasteiger partial charge in [-0.05, 0) is 30.5 Å². The molecule has 3 aliphatic rings. The molecule has 0 spiro atoms. The number of halogens is 4. The third kappa shape index (κ3) is 5.97. The molecule has 5 rings (SSSR count). The molecular formula is C27H27F4N5O5. The number of carbonyl (C=O) groups excluding carboxylic acids is 2. The van der Waals surface area contributed by atoms with Crippen molar-refractivity contribution in [2.45, 2.75) is 38.1 Å². The number of nitrogens with zero attached hydrogens (tertiary/aromatic N) is 3. The second-order valence-corrected chi connectivity index (χ2v) is 9.80. The van der Waals surface area contributed by atoms with E-state index in [0.717, 1.165) is 18.9 Å². The van der Waals surface area contributed by atoms with Crippen LogP contribution in [0.15, 0.2) is 47.8 Å². The zero-order valence-corrected chi connectivity index (χ0v) is 22.2. The summed E-state index contributed by atoms with van der Waals surface area (Å²) < 4.78 is 72.9.